The van der Waals surface area contributed by atoms with Gasteiger partial charge in [0.1, 0.15) is 11.5 Å². The van der Waals surface area contributed by atoms with Crippen LogP contribution in [0.1, 0.15) is 36.6 Å². The molecular formula is C13H18KN3O3. The fourth-order valence-electron chi connectivity index (χ4n) is 2.20. The van der Waals surface area contributed by atoms with E-state index >= 15 is 0 Å². The summed E-state index contributed by atoms with van der Waals surface area (Å²) in [5, 5.41) is 10.8. The van der Waals surface area contributed by atoms with Crippen molar-refractivity contribution < 1.29 is 66.1 Å². The first kappa shape index (κ1) is 17.8. The first-order valence-corrected chi connectivity index (χ1v) is 6.44. The summed E-state index contributed by atoms with van der Waals surface area (Å²) in [5.41, 5.74) is 0.305. The standard InChI is InChI=1S/C13H19N3O3.K/c1-8-4-5-16-7-10(14-11(16)6-8)12(17)15(3)9(2)13(18)19;/h7-9H,4-6H2,1-3H3,(H,18,19);/q;+1/p-1. The van der Waals surface area contributed by atoms with Crippen molar-refractivity contribution in [2.75, 3.05) is 7.05 Å². The first-order valence-electron chi connectivity index (χ1n) is 6.44. The molecule has 2 atom stereocenters. The Morgan fingerprint density at radius 3 is 2.80 bits per heavy atom. The molecule has 0 N–H and O–H groups in total. The van der Waals surface area contributed by atoms with Crippen molar-refractivity contribution in [3.63, 3.8) is 0 Å². The van der Waals surface area contributed by atoms with Gasteiger partial charge in [-0.15, -0.1) is 0 Å². The van der Waals surface area contributed by atoms with Crippen molar-refractivity contribution in [3.05, 3.63) is 17.7 Å². The van der Waals surface area contributed by atoms with E-state index < -0.39 is 12.0 Å². The van der Waals surface area contributed by atoms with Gasteiger partial charge in [0, 0.05) is 26.2 Å². The number of likely N-dealkylation sites (N-methyl/N-ethyl adjacent to an activating group) is 1. The number of aliphatic carboxylic acids is 1. The van der Waals surface area contributed by atoms with E-state index in [2.05, 4.69) is 11.9 Å². The molecular weight excluding hydrogens is 285 g/mol. The number of carboxylic acids is 1. The van der Waals surface area contributed by atoms with E-state index in [1.54, 1.807) is 6.20 Å². The molecule has 2 heterocycles. The van der Waals surface area contributed by atoms with Gasteiger partial charge in [-0.25, -0.2) is 4.98 Å². The molecule has 1 aliphatic rings. The van der Waals surface area contributed by atoms with Crippen LogP contribution in [0.15, 0.2) is 6.20 Å². The second-order valence-corrected chi connectivity index (χ2v) is 5.24. The van der Waals surface area contributed by atoms with Crippen molar-refractivity contribution in [2.45, 2.75) is 39.3 Å². The largest absolute Gasteiger partial charge is 1.00 e. The zero-order valence-electron chi connectivity index (χ0n) is 12.4. The second kappa shape index (κ2) is 7.17. The third-order valence-corrected chi connectivity index (χ3v) is 3.71. The van der Waals surface area contributed by atoms with Gasteiger partial charge in [-0.05, 0) is 19.3 Å². The van der Waals surface area contributed by atoms with Gasteiger partial charge in [0.2, 0.25) is 0 Å². The van der Waals surface area contributed by atoms with Gasteiger partial charge >= 0.3 is 51.4 Å². The predicted octanol–water partition coefficient (Wildman–Crippen LogP) is -3.32. The zero-order valence-corrected chi connectivity index (χ0v) is 15.5. The molecule has 0 radical (unpaired) electrons. The Kier molecular flexibility index (Phi) is 6.40. The molecule has 20 heavy (non-hydrogen) atoms. The molecule has 1 aliphatic heterocycles. The molecule has 1 aromatic rings. The van der Waals surface area contributed by atoms with Gasteiger partial charge in [0.15, 0.2) is 0 Å². The Bertz CT molecular complexity index is 515. The molecule has 2 rings (SSSR count). The molecule has 1 aromatic heterocycles. The normalized spacial score (nSPS) is 18.6. The minimum Gasteiger partial charge on any atom is -0.548 e. The monoisotopic (exact) mass is 303 g/mol. The average molecular weight is 303 g/mol. The molecule has 7 heteroatoms. The average Bonchev–Trinajstić information content (AvgIpc) is 2.78. The summed E-state index contributed by atoms with van der Waals surface area (Å²) in [5.74, 6) is -0.186. The van der Waals surface area contributed by atoms with Crippen molar-refractivity contribution in [2.24, 2.45) is 5.92 Å². The van der Waals surface area contributed by atoms with Gasteiger partial charge in [-0.3, -0.25) is 4.79 Å². The summed E-state index contributed by atoms with van der Waals surface area (Å²) < 4.78 is 1.98. The van der Waals surface area contributed by atoms with E-state index in [-0.39, 0.29) is 57.3 Å². The van der Waals surface area contributed by atoms with Crippen molar-refractivity contribution in [3.8, 4) is 0 Å². The van der Waals surface area contributed by atoms with E-state index in [1.165, 1.54) is 14.0 Å². The summed E-state index contributed by atoms with van der Waals surface area (Å²) in [6.07, 6.45) is 3.64. The number of nitrogens with zero attached hydrogens (tertiary/aromatic N) is 3. The number of aromatic nitrogens is 2. The van der Waals surface area contributed by atoms with Crippen LogP contribution in [0.25, 0.3) is 0 Å². The minimum absolute atomic E-state index is 0. The maximum atomic E-state index is 12.1. The van der Waals surface area contributed by atoms with Crippen LogP contribution in [0.3, 0.4) is 0 Å². The topological polar surface area (TPSA) is 78.3 Å². The first-order chi connectivity index (χ1) is 8.90. The molecule has 0 spiro atoms. The predicted molar refractivity (Wildman–Crippen MR) is 66.3 cm³/mol. The summed E-state index contributed by atoms with van der Waals surface area (Å²) in [6, 6.07) is -0.967. The van der Waals surface area contributed by atoms with E-state index in [0.717, 1.165) is 30.1 Å². The van der Waals surface area contributed by atoms with Gasteiger partial charge in [-0.1, -0.05) is 6.92 Å². The number of amides is 1. The quantitative estimate of drug-likeness (QED) is 0.548. The van der Waals surface area contributed by atoms with Crippen LogP contribution in [0.5, 0.6) is 0 Å². The third kappa shape index (κ3) is 3.70. The smallest absolute Gasteiger partial charge is 0.548 e. The minimum atomic E-state index is -1.27. The number of carbonyl (C=O) groups excluding carboxylic acids is 2. The van der Waals surface area contributed by atoms with Gasteiger partial charge in [-0.2, -0.15) is 0 Å². The summed E-state index contributed by atoms with van der Waals surface area (Å²) in [6.45, 7) is 4.44. The number of hydrogen-bond donors (Lipinski definition) is 0. The molecule has 0 aliphatic carbocycles. The molecule has 2 unspecified atom stereocenters. The Labute approximate surface area is 161 Å². The fourth-order valence-corrected chi connectivity index (χ4v) is 2.20. The third-order valence-electron chi connectivity index (χ3n) is 3.71. The van der Waals surface area contributed by atoms with E-state index in [9.17, 15) is 14.7 Å². The van der Waals surface area contributed by atoms with E-state index in [4.69, 9.17) is 0 Å². The number of rotatable bonds is 3. The van der Waals surface area contributed by atoms with Crippen molar-refractivity contribution >= 4 is 11.9 Å². The van der Waals surface area contributed by atoms with Gasteiger partial charge in [0.25, 0.3) is 5.91 Å². The number of imidazole rings is 1. The summed E-state index contributed by atoms with van der Waals surface area (Å²) in [4.78, 5) is 28.4. The van der Waals surface area contributed by atoms with E-state index in [0.29, 0.717) is 11.6 Å². The van der Waals surface area contributed by atoms with Crippen LogP contribution < -0.4 is 56.5 Å². The maximum absolute atomic E-state index is 12.1. The molecule has 104 valence electrons. The maximum Gasteiger partial charge on any atom is 1.00 e. The van der Waals surface area contributed by atoms with Crippen LogP contribution in [0, 0.1) is 5.92 Å². The van der Waals surface area contributed by atoms with Crippen molar-refractivity contribution in [1.29, 1.82) is 0 Å². The number of hydrogen-bond acceptors (Lipinski definition) is 4. The molecule has 0 aromatic carbocycles. The summed E-state index contributed by atoms with van der Waals surface area (Å²) in [7, 11) is 1.45. The number of carboxylic acid groups (broad SMARTS) is 1. The Morgan fingerprint density at radius 1 is 1.55 bits per heavy atom. The van der Waals surface area contributed by atoms with E-state index in [1.807, 2.05) is 4.57 Å². The van der Waals surface area contributed by atoms with Crippen LogP contribution in [0.4, 0.5) is 0 Å². The van der Waals surface area contributed by atoms with Crippen LogP contribution >= 0.6 is 0 Å². The summed E-state index contributed by atoms with van der Waals surface area (Å²) >= 11 is 0. The Balaban J connectivity index is 0.00000200. The van der Waals surface area contributed by atoms with Crippen LogP contribution in [0.2, 0.25) is 0 Å². The fraction of sp³-hybridized carbons (Fsp3) is 0.615. The van der Waals surface area contributed by atoms with Crippen LogP contribution in [-0.4, -0.2) is 39.4 Å². The number of aryl methyl sites for hydroxylation is 1. The second-order valence-electron chi connectivity index (χ2n) is 5.24. The Morgan fingerprint density at radius 2 is 2.20 bits per heavy atom. The van der Waals surface area contributed by atoms with Crippen LogP contribution in [-0.2, 0) is 17.8 Å². The number of carbonyl (C=O) groups is 2. The van der Waals surface area contributed by atoms with Crippen molar-refractivity contribution in [1.82, 2.24) is 14.5 Å². The molecule has 0 bridgehead atoms. The Hall–Kier alpha value is -0.214. The molecule has 1 amide bonds. The number of fused-ring (bicyclic) bond motifs is 1. The zero-order chi connectivity index (χ0) is 14.2. The van der Waals surface area contributed by atoms with Gasteiger partial charge < -0.3 is 19.4 Å². The van der Waals surface area contributed by atoms with Gasteiger partial charge in [0.05, 0.1) is 12.0 Å². The molecule has 6 nitrogen and oxygen atoms in total. The molecule has 0 fully saturated rings. The molecule has 0 saturated heterocycles. The SMILES string of the molecule is CC1CCn2cc(C(=O)N(C)C(C)C(=O)[O-])nc2C1.[K+]. The molecule has 0 saturated carbocycles.